The van der Waals surface area contributed by atoms with Gasteiger partial charge in [-0.05, 0) is 36.8 Å². The van der Waals surface area contributed by atoms with E-state index in [1.165, 1.54) is 5.56 Å². The predicted molar refractivity (Wildman–Crippen MR) is 75.1 cm³/mol. The molecule has 0 amide bonds. The van der Waals surface area contributed by atoms with E-state index in [2.05, 4.69) is 0 Å². The minimum Gasteiger partial charge on any atom is -0.492 e. The van der Waals surface area contributed by atoms with Crippen molar-refractivity contribution in [1.82, 2.24) is 0 Å². The number of ether oxygens (including phenoxy) is 1. The van der Waals surface area contributed by atoms with Gasteiger partial charge in [0.05, 0.1) is 6.04 Å². The summed E-state index contributed by atoms with van der Waals surface area (Å²) in [5, 5.41) is 0.713. The first kappa shape index (κ1) is 12.9. The molecule has 0 aliphatic carbocycles. The minimum atomic E-state index is -0.149. The molecule has 0 spiro atoms. The van der Waals surface area contributed by atoms with E-state index in [4.69, 9.17) is 22.1 Å². The van der Waals surface area contributed by atoms with Gasteiger partial charge in [-0.1, -0.05) is 41.4 Å². The Labute approximate surface area is 112 Å². The molecule has 1 unspecified atom stereocenters. The second-order valence-electron chi connectivity index (χ2n) is 4.28. The van der Waals surface area contributed by atoms with Crippen molar-refractivity contribution in [3.05, 3.63) is 64.7 Å². The fourth-order valence-electron chi connectivity index (χ4n) is 1.63. The van der Waals surface area contributed by atoms with Crippen LogP contribution in [0.2, 0.25) is 5.02 Å². The molecule has 2 aromatic rings. The van der Waals surface area contributed by atoms with Crippen LogP contribution in [0.15, 0.2) is 48.5 Å². The Morgan fingerprint density at radius 2 is 1.67 bits per heavy atom. The average molecular weight is 262 g/mol. The van der Waals surface area contributed by atoms with Gasteiger partial charge in [0.1, 0.15) is 12.4 Å². The van der Waals surface area contributed by atoms with E-state index in [1.54, 1.807) is 0 Å². The number of halogens is 1. The Balaban J connectivity index is 1.93. The summed E-state index contributed by atoms with van der Waals surface area (Å²) in [6.07, 6.45) is 0. The summed E-state index contributed by atoms with van der Waals surface area (Å²) < 4.78 is 5.65. The highest BCUT2D eigenvalue weighted by Gasteiger charge is 2.06. The molecule has 2 rings (SSSR count). The van der Waals surface area contributed by atoms with Gasteiger partial charge in [0.15, 0.2) is 0 Å². The predicted octanol–water partition coefficient (Wildman–Crippen LogP) is 3.73. The molecule has 3 heteroatoms. The molecule has 0 fully saturated rings. The van der Waals surface area contributed by atoms with Crippen molar-refractivity contribution in [2.75, 3.05) is 6.61 Å². The van der Waals surface area contributed by atoms with Gasteiger partial charge in [-0.25, -0.2) is 0 Å². The van der Waals surface area contributed by atoms with Crippen molar-refractivity contribution in [2.45, 2.75) is 13.0 Å². The topological polar surface area (TPSA) is 35.2 Å². The van der Waals surface area contributed by atoms with Gasteiger partial charge < -0.3 is 10.5 Å². The highest BCUT2D eigenvalue weighted by atomic mass is 35.5. The van der Waals surface area contributed by atoms with E-state index in [1.807, 2.05) is 55.5 Å². The lowest BCUT2D eigenvalue weighted by atomic mass is 10.1. The Kier molecular flexibility index (Phi) is 4.24. The van der Waals surface area contributed by atoms with Gasteiger partial charge >= 0.3 is 0 Å². The van der Waals surface area contributed by atoms with Crippen molar-refractivity contribution in [2.24, 2.45) is 5.73 Å². The number of hydrogen-bond acceptors (Lipinski definition) is 2. The molecular weight excluding hydrogens is 246 g/mol. The third-order valence-corrected chi connectivity index (χ3v) is 3.00. The zero-order valence-electron chi connectivity index (χ0n) is 10.3. The molecule has 0 bridgehead atoms. The van der Waals surface area contributed by atoms with Crippen LogP contribution >= 0.6 is 11.6 Å². The van der Waals surface area contributed by atoms with E-state index in [9.17, 15) is 0 Å². The molecule has 18 heavy (non-hydrogen) atoms. The van der Waals surface area contributed by atoms with Crippen LogP contribution in [-0.4, -0.2) is 6.61 Å². The van der Waals surface area contributed by atoms with Crippen LogP contribution in [0, 0.1) is 6.92 Å². The van der Waals surface area contributed by atoms with Crippen molar-refractivity contribution < 1.29 is 4.74 Å². The third-order valence-electron chi connectivity index (χ3n) is 2.75. The smallest absolute Gasteiger partial charge is 0.119 e. The van der Waals surface area contributed by atoms with E-state index >= 15 is 0 Å². The number of rotatable bonds is 4. The lowest BCUT2D eigenvalue weighted by molar-refractivity contribution is 0.290. The van der Waals surface area contributed by atoms with Crippen molar-refractivity contribution in [1.29, 1.82) is 0 Å². The molecule has 94 valence electrons. The lowest BCUT2D eigenvalue weighted by Gasteiger charge is -2.13. The van der Waals surface area contributed by atoms with Crippen molar-refractivity contribution in [3.63, 3.8) is 0 Å². The molecular formula is C15H16ClNO. The molecule has 0 radical (unpaired) electrons. The van der Waals surface area contributed by atoms with E-state index in [-0.39, 0.29) is 6.04 Å². The molecule has 0 saturated heterocycles. The quantitative estimate of drug-likeness (QED) is 0.910. The SMILES string of the molecule is Cc1ccc(OCC(N)c2ccc(Cl)cc2)cc1. The molecule has 2 nitrogen and oxygen atoms in total. The van der Waals surface area contributed by atoms with Gasteiger partial charge in [0.2, 0.25) is 0 Å². The minimum absolute atomic E-state index is 0.149. The van der Waals surface area contributed by atoms with Crippen molar-refractivity contribution >= 4 is 11.6 Å². The number of hydrogen-bond donors (Lipinski definition) is 1. The second kappa shape index (κ2) is 5.89. The molecule has 0 aromatic heterocycles. The molecule has 0 heterocycles. The van der Waals surface area contributed by atoms with Gasteiger partial charge in [-0.15, -0.1) is 0 Å². The summed E-state index contributed by atoms with van der Waals surface area (Å²) in [5.41, 5.74) is 8.29. The molecule has 1 atom stereocenters. The Hall–Kier alpha value is -1.51. The van der Waals surface area contributed by atoms with Crippen LogP contribution in [-0.2, 0) is 0 Å². The Morgan fingerprint density at radius 3 is 2.28 bits per heavy atom. The largest absolute Gasteiger partial charge is 0.492 e. The van der Waals surface area contributed by atoms with Crippen LogP contribution in [0.5, 0.6) is 5.75 Å². The van der Waals surface area contributed by atoms with Crippen LogP contribution in [0.4, 0.5) is 0 Å². The first-order valence-electron chi connectivity index (χ1n) is 5.85. The van der Waals surface area contributed by atoms with E-state index < -0.39 is 0 Å². The molecule has 2 N–H and O–H groups in total. The Morgan fingerprint density at radius 1 is 1.06 bits per heavy atom. The number of aryl methyl sites for hydroxylation is 1. The normalized spacial score (nSPS) is 12.2. The highest BCUT2D eigenvalue weighted by Crippen LogP contribution is 2.17. The van der Waals surface area contributed by atoms with Crippen LogP contribution in [0.3, 0.4) is 0 Å². The zero-order valence-corrected chi connectivity index (χ0v) is 11.0. The average Bonchev–Trinajstić information content (AvgIpc) is 2.38. The fourth-order valence-corrected chi connectivity index (χ4v) is 1.75. The van der Waals surface area contributed by atoms with Crippen LogP contribution < -0.4 is 10.5 Å². The van der Waals surface area contributed by atoms with Crippen LogP contribution in [0.1, 0.15) is 17.2 Å². The first-order valence-corrected chi connectivity index (χ1v) is 6.23. The molecule has 0 aliphatic rings. The van der Waals surface area contributed by atoms with Crippen molar-refractivity contribution in [3.8, 4) is 5.75 Å². The highest BCUT2D eigenvalue weighted by molar-refractivity contribution is 6.30. The van der Waals surface area contributed by atoms with Gasteiger partial charge in [0.25, 0.3) is 0 Å². The maximum absolute atomic E-state index is 6.05. The van der Waals surface area contributed by atoms with Gasteiger partial charge in [0, 0.05) is 5.02 Å². The zero-order chi connectivity index (χ0) is 13.0. The molecule has 0 aliphatic heterocycles. The monoisotopic (exact) mass is 261 g/mol. The molecule has 2 aromatic carbocycles. The lowest BCUT2D eigenvalue weighted by Crippen LogP contribution is -2.18. The van der Waals surface area contributed by atoms with E-state index in [0.717, 1.165) is 11.3 Å². The summed E-state index contributed by atoms with van der Waals surface area (Å²) in [6.45, 7) is 2.49. The summed E-state index contributed by atoms with van der Waals surface area (Å²) >= 11 is 5.83. The second-order valence-corrected chi connectivity index (χ2v) is 4.72. The maximum atomic E-state index is 6.05. The standard InChI is InChI=1S/C15H16ClNO/c1-11-2-8-14(9-3-11)18-10-15(17)12-4-6-13(16)7-5-12/h2-9,15H,10,17H2,1H3. The summed E-state index contributed by atoms with van der Waals surface area (Å²) in [5.74, 6) is 0.838. The summed E-state index contributed by atoms with van der Waals surface area (Å²) in [7, 11) is 0. The number of benzene rings is 2. The van der Waals surface area contributed by atoms with Gasteiger partial charge in [-0.3, -0.25) is 0 Å². The van der Waals surface area contributed by atoms with E-state index in [0.29, 0.717) is 11.6 Å². The summed E-state index contributed by atoms with van der Waals surface area (Å²) in [4.78, 5) is 0. The fraction of sp³-hybridized carbons (Fsp3) is 0.200. The Bertz CT molecular complexity index is 493. The maximum Gasteiger partial charge on any atom is 0.119 e. The first-order chi connectivity index (χ1) is 8.65. The van der Waals surface area contributed by atoms with Crippen LogP contribution in [0.25, 0.3) is 0 Å². The molecule has 0 saturated carbocycles. The van der Waals surface area contributed by atoms with Gasteiger partial charge in [-0.2, -0.15) is 0 Å². The number of nitrogens with two attached hydrogens (primary N) is 1. The summed E-state index contributed by atoms with van der Waals surface area (Å²) in [6, 6.07) is 15.3. The third kappa shape index (κ3) is 3.49.